The van der Waals surface area contributed by atoms with Gasteiger partial charge in [0, 0.05) is 24.8 Å². The van der Waals surface area contributed by atoms with E-state index in [9.17, 15) is 0 Å². The van der Waals surface area contributed by atoms with Crippen LogP contribution in [-0.2, 0) is 4.74 Å². The first kappa shape index (κ1) is 16.3. The van der Waals surface area contributed by atoms with E-state index in [1.807, 2.05) is 24.3 Å². The van der Waals surface area contributed by atoms with Crippen LogP contribution in [0.5, 0.6) is 5.75 Å². The first-order valence-electron chi connectivity index (χ1n) is 6.93. The van der Waals surface area contributed by atoms with Crippen LogP contribution in [0.15, 0.2) is 36.2 Å². The van der Waals surface area contributed by atoms with Gasteiger partial charge in [0.1, 0.15) is 5.75 Å². The monoisotopic (exact) mass is 279 g/mol. The van der Waals surface area contributed by atoms with Gasteiger partial charge >= 0.3 is 0 Å². The van der Waals surface area contributed by atoms with Gasteiger partial charge in [-0.15, -0.1) is 0 Å². The molecule has 112 valence electrons. The van der Waals surface area contributed by atoms with Crippen molar-refractivity contribution in [1.82, 2.24) is 5.32 Å². The smallest absolute Gasteiger partial charge is 0.120 e. The summed E-state index contributed by atoms with van der Waals surface area (Å²) < 4.78 is 10.5. The van der Waals surface area contributed by atoms with Crippen LogP contribution in [0, 0.1) is 0 Å². The Morgan fingerprint density at radius 3 is 2.90 bits per heavy atom. The van der Waals surface area contributed by atoms with E-state index >= 15 is 0 Å². The van der Waals surface area contributed by atoms with Gasteiger partial charge in [0.25, 0.3) is 0 Å². The molecule has 0 atom stereocenters. The van der Waals surface area contributed by atoms with E-state index in [1.54, 1.807) is 7.11 Å². The van der Waals surface area contributed by atoms with E-state index in [4.69, 9.17) is 15.2 Å². The second-order valence-electron chi connectivity index (χ2n) is 4.21. The zero-order valence-corrected chi connectivity index (χ0v) is 12.3. The Morgan fingerprint density at radius 2 is 2.20 bits per heavy atom. The van der Waals surface area contributed by atoms with Gasteiger partial charge < -0.3 is 25.8 Å². The number of hydrogen-bond donors (Lipinski definition) is 3. The van der Waals surface area contributed by atoms with E-state index in [0.29, 0.717) is 19.8 Å². The Labute approximate surface area is 121 Å². The summed E-state index contributed by atoms with van der Waals surface area (Å²) in [6, 6.07) is 7.83. The maximum absolute atomic E-state index is 5.37. The molecular formula is C15H25N3O2. The standard InChI is InChI=1S/C15H25N3O2/c1-3-5-15(17-9-11-20-10-8-16)18-13-6-4-7-14(12-13)19-2/h4-7,12,17-18H,3,8-11,16H2,1-2H3/b15-5+. The van der Waals surface area contributed by atoms with Gasteiger partial charge in [-0.05, 0) is 24.6 Å². The molecule has 0 saturated carbocycles. The summed E-state index contributed by atoms with van der Waals surface area (Å²) in [7, 11) is 1.66. The highest BCUT2D eigenvalue weighted by molar-refractivity contribution is 5.51. The molecule has 1 aromatic rings. The van der Waals surface area contributed by atoms with Gasteiger partial charge in [0.2, 0.25) is 0 Å². The van der Waals surface area contributed by atoms with Crippen LogP contribution in [0.3, 0.4) is 0 Å². The van der Waals surface area contributed by atoms with Crippen LogP contribution in [0.2, 0.25) is 0 Å². The largest absolute Gasteiger partial charge is 0.497 e. The number of anilines is 1. The Bertz CT molecular complexity index is 408. The van der Waals surface area contributed by atoms with E-state index in [0.717, 1.165) is 30.2 Å². The van der Waals surface area contributed by atoms with Gasteiger partial charge in [-0.3, -0.25) is 0 Å². The molecule has 0 amide bonds. The molecule has 0 aliphatic heterocycles. The van der Waals surface area contributed by atoms with Crippen molar-refractivity contribution in [2.45, 2.75) is 13.3 Å². The molecule has 0 unspecified atom stereocenters. The predicted octanol–water partition coefficient (Wildman–Crippen LogP) is 1.92. The van der Waals surface area contributed by atoms with Crippen molar-refractivity contribution in [3.8, 4) is 5.75 Å². The zero-order valence-electron chi connectivity index (χ0n) is 12.3. The summed E-state index contributed by atoms with van der Waals surface area (Å²) in [5.41, 5.74) is 6.35. The molecule has 0 heterocycles. The third-order valence-electron chi connectivity index (χ3n) is 2.58. The van der Waals surface area contributed by atoms with Crippen molar-refractivity contribution in [2.75, 3.05) is 38.7 Å². The number of nitrogens with two attached hydrogens (primary N) is 1. The summed E-state index contributed by atoms with van der Waals surface area (Å²) >= 11 is 0. The first-order valence-corrected chi connectivity index (χ1v) is 6.93. The number of rotatable bonds is 10. The summed E-state index contributed by atoms with van der Waals surface area (Å²) in [4.78, 5) is 0. The molecular weight excluding hydrogens is 254 g/mol. The molecule has 0 spiro atoms. The van der Waals surface area contributed by atoms with Crippen LogP contribution in [0.4, 0.5) is 5.69 Å². The van der Waals surface area contributed by atoms with Gasteiger partial charge in [-0.25, -0.2) is 0 Å². The van der Waals surface area contributed by atoms with Crippen molar-refractivity contribution in [1.29, 1.82) is 0 Å². The highest BCUT2D eigenvalue weighted by Crippen LogP contribution is 2.17. The number of ether oxygens (including phenoxy) is 2. The lowest BCUT2D eigenvalue weighted by Gasteiger charge is -2.14. The summed E-state index contributed by atoms with van der Waals surface area (Å²) in [5.74, 6) is 1.80. The molecule has 0 saturated heterocycles. The zero-order chi connectivity index (χ0) is 14.6. The minimum absolute atomic E-state index is 0.555. The first-order chi connectivity index (χ1) is 9.80. The Kier molecular flexibility index (Phi) is 8.26. The fourth-order valence-electron chi connectivity index (χ4n) is 1.67. The Balaban J connectivity index is 2.47. The fourth-order valence-corrected chi connectivity index (χ4v) is 1.67. The van der Waals surface area contributed by atoms with Gasteiger partial charge in [-0.1, -0.05) is 13.0 Å². The SMILES string of the molecule is CC/C=C(\NCCOCCN)Nc1cccc(OC)c1. The number of methoxy groups -OCH3 is 1. The molecule has 0 aliphatic rings. The molecule has 4 N–H and O–H groups in total. The van der Waals surface area contributed by atoms with Crippen molar-refractivity contribution < 1.29 is 9.47 Å². The van der Waals surface area contributed by atoms with Gasteiger partial charge in [0.15, 0.2) is 0 Å². The molecule has 20 heavy (non-hydrogen) atoms. The molecule has 0 aromatic heterocycles. The van der Waals surface area contributed by atoms with Crippen molar-refractivity contribution in [3.05, 3.63) is 36.2 Å². The van der Waals surface area contributed by atoms with Crippen molar-refractivity contribution in [3.63, 3.8) is 0 Å². The lowest BCUT2D eigenvalue weighted by atomic mass is 10.3. The summed E-state index contributed by atoms with van der Waals surface area (Å²) in [6.07, 6.45) is 3.05. The van der Waals surface area contributed by atoms with Crippen LogP contribution in [0.25, 0.3) is 0 Å². The number of allylic oxidation sites excluding steroid dienone is 1. The van der Waals surface area contributed by atoms with Crippen LogP contribution < -0.4 is 21.1 Å². The minimum atomic E-state index is 0.555. The van der Waals surface area contributed by atoms with Crippen LogP contribution in [-0.4, -0.2) is 33.4 Å². The van der Waals surface area contributed by atoms with Crippen LogP contribution in [0.1, 0.15) is 13.3 Å². The minimum Gasteiger partial charge on any atom is -0.497 e. The third kappa shape index (κ3) is 6.45. The molecule has 1 rings (SSSR count). The van der Waals surface area contributed by atoms with E-state index in [2.05, 4.69) is 23.6 Å². The predicted molar refractivity (Wildman–Crippen MR) is 82.9 cm³/mol. The van der Waals surface area contributed by atoms with Gasteiger partial charge in [0.05, 0.1) is 26.1 Å². The van der Waals surface area contributed by atoms with Crippen molar-refractivity contribution >= 4 is 5.69 Å². The van der Waals surface area contributed by atoms with E-state index in [1.165, 1.54) is 0 Å². The van der Waals surface area contributed by atoms with Crippen molar-refractivity contribution in [2.24, 2.45) is 5.73 Å². The highest BCUT2D eigenvalue weighted by atomic mass is 16.5. The lowest BCUT2D eigenvalue weighted by molar-refractivity contribution is 0.145. The fraction of sp³-hybridized carbons (Fsp3) is 0.467. The lowest BCUT2D eigenvalue weighted by Crippen LogP contribution is -2.24. The van der Waals surface area contributed by atoms with Crippen LogP contribution >= 0.6 is 0 Å². The molecule has 0 aliphatic carbocycles. The molecule has 1 aromatic carbocycles. The topological polar surface area (TPSA) is 68.5 Å². The maximum atomic E-state index is 5.37. The summed E-state index contributed by atoms with van der Waals surface area (Å²) in [5, 5.41) is 6.64. The van der Waals surface area contributed by atoms with Gasteiger partial charge in [-0.2, -0.15) is 0 Å². The molecule has 0 bridgehead atoms. The quantitative estimate of drug-likeness (QED) is 0.571. The Morgan fingerprint density at radius 1 is 1.35 bits per heavy atom. The number of benzene rings is 1. The molecule has 5 heteroatoms. The number of nitrogens with one attached hydrogen (secondary N) is 2. The summed E-state index contributed by atoms with van der Waals surface area (Å²) in [6.45, 7) is 4.62. The average Bonchev–Trinajstić information content (AvgIpc) is 2.47. The Hall–Kier alpha value is -1.72. The van der Waals surface area contributed by atoms with E-state index < -0.39 is 0 Å². The normalized spacial score (nSPS) is 11.2. The molecule has 5 nitrogen and oxygen atoms in total. The third-order valence-corrected chi connectivity index (χ3v) is 2.58. The highest BCUT2D eigenvalue weighted by Gasteiger charge is 1.99. The number of hydrogen-bond acceptors (Lipinski definition) is 5. The second-order valence-corrected chi connectivity index (χ2v) is 4.21. The average molecular weight is 279 g/mol. The van der Waals surface area contributed by atoms with E-state index in [-0.39, 0.29) is 0 Å². The maximum Gasteiger partial charge on any atom is 0.120 e. The molecule has 0 radical (unpaired) electrons. The molecule has 0 fully saturated rings. The second kappa shape index (κ2) is 10.1.